The number of hydrogen-bond acceptors (Lipinski definition) is 2. The van der Waals surface area contributed by atoms with Crippen molar-refractivity contribution in [3.05, 3.63) is 45.5 Å². The van der Waals surface area contributed by atoms with E-state index in [0.717, 1.165) is 38.6 Å². The molecule has 0 amide bonds. The minimum absolute atomic E-state index is 0.335. The molecule has 3 aromatic carbocycles. The Kier molecular flexibility index (Phi) is 7.08. The summed E-state index contributed by atoms with van der Waals surface area (Å²) in [6.07, 6.45) is 0. The van der Waals surface area contributed by atoms with E-state index < -0.39 is 0 Å². The van der Waals surface area contributed by atoms with Crippen LogP contribution in [0.4, 0.5) is 0 Å². The highest BCUT2D eigenvalue weighted by molar-refractivity contribution is 6.10. The third kappa shape index (κ3) is 3.25. The van der Waals surface area contributed by atoms with Crippen LogP contribution in [-0.4, -0.2) is 10.2 Å². The second kappa shape index (κ2) is 8.44. The van der Waals surface area contributed by atoms with Gasteiger partial charge in [0.1, 0.15) is 11.5 Å². The van der Waals surface area contributed by atoms with Crippen molar-refractivity contribution in [1.82, 2.24) is 0 Å². The molecule has 3 rings (SSSR count). The Morgan fingerprint density at radius 1 is 0.462 bits per heavy atom. The van der Waals surface area contributed by atoms with Crippen LogP contribution >= 0.6 is 0 Å². The highest BCUT2D eigenvalue weighted by Gasteiger charge is 2.18. The highest BCUT2D eigenvalue weighted by atomic mass is 16.3. The summed E-state index contributed by atoms with van der Waals surface area (Å²) >= 11 is 0. The zero-order chi connectivity index (χ0) is 20.3. The van der Waals surface area contributed by atoms with Crippen molar-refractivity contribution in [2.45, 2.75) is 69.2 Å². The van der Waals surface area contributed by atoms with Crippen molar-refractivity contribution >= 4 is 21.5 Å². The summed E-state index contributed by atoms with van der Waals surface area (Å²) in [7, 11) is 0. The fourth-order valence-electron chi connectivity index (χ4n) is 3.95. The highest BCUT2D eigenvalue weighted by Crippen LogP contribution is 2.42. The summed E-state index contributed by atoms with van der Waals surface area (Å²) < 4.78 is 0. The number of hydrogen-bond donors (Lipinski definition) is 2. The second-order valence-corrected chi connectivity index (χ2v) is 6.43. The van der Waals surface area contributed by atoms with Crippen LogP contribution in [0.25, 0.3) is 21.5 Å². The van der Waals surface area contributed by atoms with Gasteiger partial charge in [0.25, 0.3) is 0 Å². The van der Waals surface area contributed by atoms with E-state index >= 15 is 0 Å². The molecule has 0 spiro atoms. The first-order valence-corrected chi connectivity index (χ1v) is 9.60. The monoisotopic (exact) mass is 354 g/mol. The van der Waals surface area contributed by atoms with Crippen LogP contribution in [-0.2, 0) is 0 Å². The van der Waals surface area contributed by atoms with E-state index in [1.807, 2.05) is 67.5 Å². The number of phenolic OH excluding ortho intramolecular Hbond substituents is 2. The predicted octanol–water partition coefficient (Wildman–Crippen LogP) is 7.31. The molecule has 0 saturated heterocycles. The maximum absolute atomic E-state index is 10.2. The molecule has 26 heavy (non-hydrogen) atoms. The summed E-state index contributed by atoms with van der Waals surface area (Å²) in [4.78, 5) is 0. The van der Waals surface area contributed by atoms with Crippen LogP contribution in [0.1, 0.15) is 61.1 Å². The molecule has 0 heterocycles. The molecular weight excluding hydrogens is 320 g/mol. The molecule has 0 bridgehead atoms. The Bertz CT molecular complexity index is 875. The van der Waals surface area contributed by atoms with Crippen LogP contribution in [0.3, 0.4) is 0 Å². The van der Waals surface area contributed by atoms with Gasteiger partial charge in [-0.1, -0.05) is 27.7 Å². The third-order valence-corrected chi connectivity index (χ3v) is 5.01. The van der Waals surface area contributed by atoms with Gasteiger partial charge in [-0.15, -0.1) is 0 Å². The second-order valence-electron chi connectivity index (χ2n) is 6.43. The number of phenols is 2. The Morgan fingerprint density at radius 3 is 1.04 bits per heavy atom. The molecule has 2 heteroatoms. The molecule has 0 unspecified atom stereocenters. The van der Waals surface area contributed by atoms with Crippen LogP contribution in [0.5, 0.6) is 11.5 Å². The lowest BCUT2D eigenvalue weighted by atomic mass is 9.85. The molecule has 0 radical (unpaired) electrons. The van der Waals surface area contributed by atoms with E-state index in [4.69, 9.17) is 0 Å². The van der Waals surface area contributed by atoms with Crippen LogP contribution < -0.4 is 0 Å². The molecule has 3 aromatic rings. The van der Waals surface area contributed by atoms with E-state index in [-0.39, 0.29) is 0 Å². The molecule has 0 aromatic heterocycles. The van der Waals surface area contributed by atoms with Gasteiger partial charge in [0.15, 0.2) is 0 Å². The first kappa shape index (κ1) is 21.8. The Balaban J connectivity index is 0.000000791. The van der Waals surface area contributed by atoms with Crippen LogP contribution in [0.15, 0.2) is 12.1 Å². The lowest BCUT2D eigenvalue weighted by Crippen LogP contribution is -1.97. The first-order valence-electron chi connectivity index (χ1n) is 9.60. The Labute approximate surface area is 158 Å². The fraction of sp³-hybridized carbons (Fsp3) is 0.417. The number of rotatable bonds is 0. The lowest BCUT2D eigenvalue weighted by molar-refractivity contribution is 0.471. The van der Waals surface area contributed by atoms with Crippen molar-refractivity contribution < 1.29 is 10.2 Å². The maximum atomic E-state index is 10.2. The predicted molar refractivity (Wildman–Crippen MR) is 116 cm³/mol. The van der Waals surface area contributed by atoms with Gasteiger partial charge in [-0.25, -0.2) is 0 Å². The van der Waals surface area contributed by atoms with E-state index in [1.54, 1.807) is 0 Å². The van der Waals surface area contributed by atoms with E-state index in [2.05, 4.69) is 13.8 Å². The smallest absolute Gasteiger partial charge is 0.119 e. The average Bonchev–Trinajstić information content (AvgIpc) is 2.62. The molecule has 0 atom stereocenters. The van der Waals surface area contributed by atoms with Gasteiger partial charge >= 0.3 is 0 Å². The lowest BCUT2D eigenvalue weighted by Gasteiger charge is -2.20. The third-order valence-electron chi connectivity index (χ3n) is 5.01. The molecule has 0 aliphatic rings. The number of aryl methyl sites for hydroxylation is 6. The van der Waals surface area contributed by atoms with Crippen molar-refractivity contribution in [3.63, 3.8) is 0 Å². The largest absolute Gasteiger partial charge is 0.508 e. The van der Waals surface area contributed by atoms with Crippen molar-refractivity contribution in [2.75, 3.05) is 0 Å². The quantitative estimate of drug-likeness (QED) is 0.416. The van der Waals surface area contributed by atoms with Gasteiger partial charge < -0.3 is 10.2 Å². The maximum Gasteiger partial charge on any atom is 0.119 e. The summed E-state index contributed by atoms with van der Waals surface area (Å²) in [5, 5.41) is 25.1. The van der Waals surface area contributed by atoms with Crippen LogP contribution in [0.2, 0.25) is 0 Å². The van der Waals surface area contributed by atoms with Gasteiger partial charge in [0.2, 0.25) is 0 Å². The molecule has 142 valence electrons. The average molecular weight is 355 g/mol. The summed E-state index contributed by atoms with van der Waals surface area (Å²) in [6, 6.07) is 3.69. The normalized spacial score (nSPS) is 10.2. The first-order chi connectivity index (χ1) is 12.3. The van der Waals surface area contributed by atoms with Crippen LogP contribution in [0, 0.1) is 41.5 Å². The zero-order valence-electron chi connectivity index (χ0n) is 18.0. The molecule has 0 aliphatic heterocycles. The summed E-state index contributed by atoms with van der Waals surface area (Å²) in [5.41, 5.74) is 6.34. The van der Waals surface area contributed by atoms with E-state index in [0.29, 0.717) is 11.5 Å². The van der Waals surface area contributed by atoms with Gasteiger partial charge in [0, 0.05) is 0 Å². The number of aromatic hydroxyl groups is 2. The Morgan fingerprint density at radius 2 is 0.731 bits per heavy atom. The minimum atomic E-state index is 0.335. The molecule has 0 aliphatic carbocycles. The van der Waals surface area contributed by atoms with E-state index in [1.165, 1.54) is 16.3 Å². The zero-order valence-corrected chi connectivity index (χ0v) is 18.0. The summed E-state index contributed by atoms with van der Waals surface area (Å²) in [6.45, 7) is 20.2. The molecular formula is C24H34O2. The molecule has 0 fully saturated rings. The van der Waals surface area contributed by atoms with Gasteiger partial charge in [-0.3, -0.25) is 0 Å². The molecule has 0 saturated carbocycles. The number of benzene rings is 3. The number of fused-ring (bicyclic) bond motifs is 2. The summed E-state index contributed by atoms with van der Waals surface area (Å²) in [5.74, 6) is 0.669. The van der Waals surface area contributed by atoms with Gasteiger partial charge in [-0.2, -0.15) is 0 Å². The Hall–Kier alpha value is -2.22. The van der Waals surface area contributed by atoms with Crippen molar-refractivity contribution in [2.24, 2.45) is 0 Å². The van der Waals surface area contributed by atoms with Crippen molar-refractivity contribution in [3.8, 4) is 11.5 Å². The standard InChI is InChI=1S/C20H22O2.2C2H6/c1-9-7-15(21)11(3)19-14(6)20-12(4)16(22)8-10(2)18(20)13(5)17(9)19;2*1-2/h7-8,21-22H,1-6H3;2*1-2H3. The van der Waals surface area contributed by atoms with Gasteiger partial charge in [-0.05, 0) is 109 Å². The molecule has 2 nitrogen and oxygen atoms in total. The van der Waals surface area contributed by atoms with Gasteiger partial charge in [0.05, 0.1) is 0 Å². The molecule has 2 N–H and O–H groups in total. The SMILES string of the molecule is CC.CC.Cc1cc(O)c(C)c2c(C)c3c(C)c(O)cc(C)c3c(C)c12. The van der Waals surface area contributed by atoms with Crippen molar-refractivity contribution in [1.29, 1.82) is 0 Å². The van der Waals surface area contributed by atoms with E-state index in [9.17, 15) is 10.2 Å². The minimum Gasteiger partial charge on any atom is -0.508 e. The fourth-order valence-corrected chi connectivity index (χ4v) is 3.95. The topological polar surface area (TPSA) is 40.5 Å².